The molecule has 0 radical (unpaired) electrons. The highest BCUT2D eigenvalue weighted by atomic mass is 32.1. The van der Waals surface area contributed by atoms with E-state index < -0.39 is 80.6 Å². The maximum Gasteiger partial charge on any atom is 0.430 e. The fraction of sp³-hybridized carbons (Fsp3) is 0.450. The highest BCUT2D eigenvalue weighted by Crippen LogP contribution is 2.52. The van der Waals surface area contributed by atoms with Crippen molar-refractivity contribution in [2.24, 2.45) is 0 Å². The summed E-state index contributed by atoms with van der Waals surface area (Å²) in [5.41, 5.74) is -11.7. The van der Waals surface area contributed by atoms with Crippen LogP contribution in [0, 0.1) is 0 Å². The van der Waals surface area contributed by atoms with E-state index in [2.05, 4.69) is 4.98 Å². The molecule has 0 unspecified atom stereocenters. The molecule has 37 heavy (non-hydrogen) atoms. The third-order valence-corrected chi connectivity index (χ3v) is 6.54. The molecule has 1 aliphatic heterocycles. The highest BCUT2D eigenvalue weighted by Gasteiger charge is 2.71. The van der Waals surface area contributed by atoms with Gasteiger partial charge in [0.25, 0.3) is 11.5 Å². The van der Waals surface area contributed by atoms with Gasteiger partial charge >= 0.3 is 18.5 Å². The lowest BCUT2D eigenvalue weighted by Gasteiger charge is -2.33. The van der Waals surface area contributed by atoms with E-state index in [1.807, 2.05) is 0 Å². The zero-order chi connectivity index (χ0) is 28.1. The summed E-state index contributed by atoms with van der Waals surface area (Å²) in [5, 5.41) is 28.4. The number of halogens is 9. The van der Waals surface area contributed by atoms with Crippen molar-refractivity contribution >= 4 is 23.5 Å². The minimum atomic E-state index is -6.45. The molecule has 7 nitrogen and oxygen atoms in total. The fourth-order valence-corrected chi connectivity index (χ4v) is 4.77. The fourth-order valence-electron chi connectivity index (χ4n) is 3.73. The van der Waals surface area contributed by atoms with Gasteiger partial charge in [-0.05, 0) is 6.07 Å². The first-order chi connectivity index (χ1) is 16.8. The molecule has 0 saturated carbocycles. The Kier molecular flexibility index (Phi) is 7.41. The average Bonchev–Trinajstić information content (AvgIpc) is 3.19. The van der Waals surface area contributed by atoms with Crippen LogP contribution >= 0.6 is 11.3 Å². The normalized spacial score (nSPS) is 19.7. The number of β-amino-alcohol motifs (C(OH)–C–C–N with tert-alkyl or cyclic N) is 2. The number of alkyl halides is 9. The third-order valence-electron chi connectivity index (χ3n) is 5.45. The van der Waals surface area contributed by atoms with Crippen LogP contribution in [0.3, 0.4) is 0 Å². The number of aliphatic hydroxyl groups excluding tert-OH is 2. The number of aldehydes is 1. The molecule has 1 aromatic carbocycles. The number of rotatable bonds is 4. The summed E-state index contributed by atoms with van der Waals surface area (Å²) in [7, 11) is 0. The molecule has 1 saturated heterocycles. The smallest absolute Gasteiger partial charge is 0.391 e. The predicted molar refractivity (Wildman–Crippen MR) is 106 cm³/mol. The Hall–Kier alpha value is -2.76. The zero-order valence-corrected chi connectivity index (χ0v) is 18.8. The van der Waals surface area contributed by atoms with Gasteiger partial charge in [0.15, 0.2) is 11.3 Å². The molecule has 2 atom stereocenters. The van der Waals surface area contributed by atoms with Crippen molar-refractivity contribution in [2.75, 3.05) is 13.1 Å². The molecule has 3 N–H and O–H groups in total. The Morgan fingerprint density at radius 2 is 1.54 bits per heavy atom. The Balaban J connectivity index is 2.17. The summed E-state index contributed by atoms with van der Waals surface area (Å²) < 4.78 is 121. The van der Waals surface area contributed by atoms with E-state index in [1.54, 1.807) is 0 Å². The quantitative estimate of drug-likeness (QED) is 0.386. The van der Waals surface area contributed by atoms with Crippen molar-refractivity contribution in [1.82, 2.24) is 9.88 Å². The van der Waals surface area contributed by atoms with Gasteiger partial charge in [-0.25, -0.2) is 4.98 Å². The van der Waals surface area contributed by atoms with Crippen molar-refractivity contribution < 1.29 is 64.4 Å². The summed E-state index contributed by atoms with van der Waals surface area (Å²) in [4.78, 5) is 28.0. The van der Waals surface area contributed by atoms with Crippen molar-refractivity contribution in [1.29, 1.82) is 0 Å². The number of piperidine rings is 1. The lowest BCUT2D eigenvalue weighted by molar-refractivity contribution is -0.376. The van der Waals surface area contributed by atoms with Crippen LogP contribution in [0.2, 0.25) is 0 Å². The van der Waals surface area contributed by atoms with Gasteiger partial charge in [-0.2, -0.15) is 39.5 Å². The summed E-state index contributed by atoms with van der Waals surface area (Å²) in [6, 6.07) is -0.369. The maximum atomic E-state index is 13.8. The van der Waals surface area contributed by atoms with Crippen LogP contribution in [0.5, 0.6) is 0 Å². The van der Waals surface area contributed by atoms with Crippen molar-refractivity contribution in [2.45, 2.75) is 42.8 Å². The molecular weight excluding hydrogens is 551 g/mol. The lowest BCUT2D eigenvalue weighted by Crippen LogP contribution is -2.54. The van der Waals surface area contributed by atoms with Crippen LogP contribution in [-0.2, 0) is 11.8 Å². The minimum absolute atomic E-state index is 0.0291. The highest BCUT2D eigenvalue weighted by molar-refractivity contribution is 7.17. The van der Waals surface area contributed by atoms with Gasteiger partial charge in [-0.15, -0.1) is 11.3 Å². The first-order valence-corrected chi connectivity index (χ1v) is 10.8. The van der Waals surface area contributed by atoms with Crippen LogP contribution < -0.4 is 0 Å². The first-order valence-electron chi connectivity index (χ1n) is 10.0. The molecule has 0 bridgehead atoms. The average molecular weight is 566 g/mol. The summed E-state index contributed by atoms with van der Waals surface area (Å²) in [6.45, 7) is -0.561. The summed E-state index contributed by atoms with van der Waals surface area (Å²) >= 11 is 0.192. The molecule has 2 heterocycles. The molecule has 1 amide bonds. The number of hydrogen-bond donors (Lipinski definition) is 3. The molecule has 0 spiro atoms. The van der Waals surface area contributed by atoms with E-state index in [-0.39, 0.29) is 49.3 Å². The second-order valence-electron chi connectivity index (χ2n) is 8.07. The van der Waals surface area contributed by atoms with Gasteiger partial charge < -0.3 is 20.2 Å². The van der Waals surface area contributed by atoms with Crippen LogP contribution in [-0.4, -0.2) is 75.0 Å². The molecule has 3 rings (SSSR count). The molecule has 17 heteroatoms. The molecule has 1 aromatic heterocycles. The van der Waals surface area contributed by atoms with Crippen molar-refractivity contribution in [3.05, 3.63) is 40.0 Å². The van der Waals surface area contributed by atoms with Crippen LogP contribution in [0.4, 0.5) is 39.5 Å². The number of thiazole rings is 1. The second-order valence-corrected chi connectivity index (χ2v) is 9.07. The maximum absolute atomic E-state index is 13.8. The van der Waals surface area contributed by atoms with Gasteiger partial charge in [0.05, 0.1) is 22.6 Å². The number of aliphatic hydroxyl groups is 3. The van der Waals surface area contributed by atoms with E-state index in [0.29, 0.717) is 0 Å². The number of amides is 1. The van der Waals surface area contributed by atoms with E-state index in [1.165, 1.54) is 0 Å². The first kappa shape index (κ1) is 28.8. The number of benzene rings is 1. The van der Waals surface area contributed by atoms with Gasteiger partial charge in [0, 0.05) is 30.6 Å². The number of likely N-dealkylation sites (tertiary alicyclic amines) is 1. The Morgan fingerprint density at radius 3 is 2.00 bits per heavy atom. The Bertz CT molecular complexity index is 1170. The Labute approximate surface area is 204 Å². The number of aromatic nitrogens is 1. The van der Waals surface area contributed by atoms with Crippen LogP contribution in [0.25, 0.3) is 10.4 Å². The number of carbonyl (C=O) groups is 2. The van der Waals surface area contributed by atoms with E-state index in [4.69, 9.17) is 0 Å². The molecule has 1 fully saturated rings. The minimum Gasteiger partial charge on any atom is -0.391 e. The van der Waals surface area contributed by atoms with Crippen molar-refractivity contribution in [3.63, 3.8) is 0 Å². The van der Waals surface area contributed by atoms with E-state index >= 15 is 0 Å². The molecule has 204 valence electrons. The topological polar surface area (TPSA) is 111 Å². The predicted octanol–water partition coefficient (Wildman–Crippen LogP) is 3.52. The third kappa shape index (κ3) is 5.30. The number of nitrogens with zero attached hydrogens (tertiary/aromatic N) is 2. The van der Waals surface area contributed by atoms with E-state index in [9.17, 15) is 64.4 Å². The molecule has 1 aliphatic rings. The molecular formula is C20H15F9N2O5S. The number of carbonyl (C=O) groups excluding carboxylic acids is 2. The van der Waals surface area contributed by atoms with Gasteiger partial charge in [-0.3, -0.25) is 9.59 Å². The standard InChI is InChI=1S/C20H15F9N2O5S/c21-18(22,23)12-3-8(17(36,19(24,25)26)20(27,28)29)1-2-11(12)14-13(7-32)30-15(37-14)16(35)31-5-9(33)4-10(34)6-31/h1-3,7,9-10,33-34,36H,4-6H2/t9-,10+. The van der Waals surface area contributed by atoms with Crippen LogP contribution in [0.1, 0.15) is 37.8 Å². The van der Waals surface area contributed by atoms with Gasteiger partial charge in [0.1, 0.15) is 5.69 Å². The zero-order valence-electron chi connectivity index (χ0n) is 17.9. The van der Waals surface area contributed by atoms with E-state index in [0.717, 1.165) is 4.90 Å². The molecule has 0 aliphatic carbocycles. The van der Waals surface area contributed by atoms with Crippen molar-refractivity contribution in [3.8, 4) is 10.4 Å². The SMILES string of the molecule is O=Cc1nc(C(=O)N2C[C@H](O)C[C@H](O)C2)sc1-c1ccc(C(O)(C(F)(F)F)C(F)(F)F)cc1C(F)(F)F. The monoisotopic (exact) mass is 566 g/mol. The van der Waals surface area contributed by atoms with Gasteiger partial charge in [0.2, 0.25) is 0 Å². The molecule has 2 aromatic rings. The van der Waals surface area contributed by atoms with Crippen LogP contribution in [0.15, 0.2) is 18.2 Å². The summed E-state index contributed by atoms with van der Waals surface area (Å²) in [6.07, 6.45) is -20.9. The second kappa shape index (κ2) is 9.52. The lowest BCUT2D eigenvalue weighted by atomic mass is 9.89. The van der Waals surface area contributed by atoms with Gasteiger partial charge in [-0.1, -0.05) is 12.1 Å². The number of hydrogen-bond acceptors (Lipinski definition) is 7. The largest absolute Gasteiger partial charge is 0.430 e. The Morgan fingerprint density at radius 1 is 1.00 bits per heavy atom. The summed E-state index contributed by atoms with van der Waals surface area (Å²) in [5.74, 6) is -0.995.